The van der Waals surface area contributed by atoms with Gasteiger partial charge in [0.05, 0.1) is 13.7 Å². The molecule has 4 heteroatoms. The maximum Gasteiger partial charge on any atom is 0.189 e. The van der Waals surface area contributed by atoms with Crippen LogP contribution in [-0.4, -0.2) is 19.5 Å². The molecule has 2 aromatic carbocycles. The minimum atomic E-state index is 0.0269. The topological polar surface area (TPSA) is 35.5 Å². The van der Waals surface area contributed by atoms with Crippen LogP contribution < -0.4 is 9.47 Å². The number of hydrogen-bond acceptors (Lipinski definition) is 3. The molecule has 22 heavy (non-hydrogen) atoms. The van der Waals surface area contributed by atoms with Crippen molar-refractivity contribution in [3.8, 4) is 11.5 Å². The molecule has 3 nitrogen and oxygen atoms in total. The second-order valence-corrected chi connectivity index (χ2v) is 5.92. The first kappa shape index (κ1) is 14.9. The van der Waals surface area contributed by atoms with Crippen molar-refractivity contribution in [1.29, 1.82) is 0 Å². The fourth-order valence-electron chi connectivity index (χ4n) is 2.40. The number of carbonyl (C=O) groups excluding carboxylic acids is 1. The van der Waals surface area contributed by atoms with E-state index in [0.29, 0.717) is 18.6 Å². The summed E-state index contributed by atoms with van der Waals surface area (Å²) in [7, 11) is 1.61. The summed E-state index contributed by atoms with van der Waals surface area (Å²) in [6.45, 7) is 0.502. The first-order valence-corrected chi connectivity index (χ1v) is 7.78. The third-order valence-corrected chi connectivity index (χ3v) is 4.07. The summed E-state index contributed by atoms with van der Waals surface area (Å²) < 4.78 is 11.8. The molecule has 0 N–H and O–H groups in total. The quantitative estimate of drug-likeness (QED) is 0.757. The molecule has 0 bridgehead atoms. The van der Waals surface area contributed by atoms with Gasteiger partial charge in [0.15, 0.2) is 5.78 Å². The van der Waals surface area contributed by atoms with Gasteiger partial charge in [-0.05, 0) is 48.5 Å². The molecular formula is C18H15BrO3. The Labute approximate surface area is 137 Å². The number of ether oxygens (including phenoxy) is 2. The molecular weight excluding hydrogens is 344 g/mol. The van der Waals surface area contributed by atoms with Gasteiger partial charge in [-0.2, -0.15) is 0 Å². The molecule has 0 radical (unpaired) electrons. The van der Waals surface area contributed by atoms with E-state index >= 15 is 0 Å². The van der Waals surface area contributed by atoms with Gasteiger partial charge in [-0.25, -0.2) is 0 Å². The fourth-order valence-corrected chi connectivity index (χ4v) is 2.78. The van der Waals surface area contributed by atoms with Gasteiger partial charge in [-0.3, -0.25) is 4.79 Å². The van der Waals surface area contributed by atoms with Crippen molar-refractivity contribution in [3.63, 3.8) is 0 Å². The molecule has 3 rings (SSSR count). The lowest BCUT2D eigenvalue weighted by Crippen LogP contribution is -2.06. The number of methoxy groups -OCH3 is 1. The highest BCUT2D eigenvalue weighted by molar-refractivity contribution is 9.10. The number of benzene rings is 2. The molecule has 0 fully saturated rings. The van der Waals surface area contributed by atoms with Gasteiger partial charge in [-0.15, -0.1) is 0 Å². The van der Waals surface area contributed by atoms with Crippen LogP contribution in [0.4, 0.5) is 0 Å². The van der Waals surface area contributed by atoms with Gasteiger partial charge in [0.25, 0.3) is 0 Å². The highest BCUT2D eigenvalue weighted by Gasteiger charge is 2.17. The molecule has 0 atom stereocenters. The molecule has 0 spiro atoms. The van der Waals surface area contributed by atoms with E-state index in [9.17, 15) is 4.79 Å². The molecule has 0 amide bonds. The average molecular weight is 359 g/mol. The van der Waals surface area contributed by atoms with Crippen molar-refractivity contribution < 1.29 is 14.3 Å². The van der Waals surface area contributed by atoms with E-state index in [4.69, 9.17) is 9.47 Å². The van der Waals surface area contributed by atoms with Crippen LogP contribution in [0.2, 0.25) is 0 Å². The maximum absolute atomic E-state index is 12.7. The minimum Gasteiger partial charge on any atom is -0.497 e. The van der Waals surface area contributed by atoms with Crippen LogP contribution in [0, 0.1) is 0 Å². The molecule has 112 valence electrons. The van der Waals surface area contributed by atoms with Crippen molar-refractivity contribution in [2.45, 2.75) is 6.42 Å². The standard InChI is InChI=1S/C18H15BrO3/c1-21-16-5-2-12(3-6-16)18(20)13-8-9-22-17-7-4-15(19)11-14(17)10-13/h2-7,10-11H,8-9H2,1H3. The molecule has 2 aromatic rings. The van der Waals surface area contributed by atoms with Gasteiger partial charge < -0.3 is 9.47 Å². The van der Waals surface area contributed by atoms with E-state index in [1.807, 2.05) is 24.3 Å². The Morgan fingerprint density at radius 1 is 1.18 bits per heavy atom. The third-order valence-electron chi connectivity index (χ3n) is 3.57. The Kier molecular flexibility index (Phi) is 4.29. The van der Waals surface area contributed by atoms with Crippen molar-refractivity contribution in [2.75, 3.05) is 13.7 Å². The van der Waals surface area contributed by atoms with E-state index in [1.54, 1.807) is 31.4 Å². The van der Waals surface area contributed by atoms with Crippen LogP contribution in [0.25, 0.3) is 6.08 Å². The molecule has 1 aliphatic rings. The van der Waals surface area contributed by atoms with Gasteiger partial charge in [0.2, 0.25) is 0 Å². The van der Waals surface area contributed by atoms with Crippen LogP contribution >= 0.6 is 15.9 Å². The Morgan fingerprint density at radius 2 is 1.95 bits per heavy atom. The predicted molar refractivity (Wildman–Crippen MR) is 89.6 cm³/mol. The maximum atomic E-state index is 12.7. The van der Waals surface area contributed by atoms with Crippen LogP contribution in [-0.2, 0) is 0 Å². The van der Waals surface area contributed by atoms with E-state index in [1.165, 1.54) is 0 Å². The third kappa shape index (κ3) is 3.07. The van der Waals surface area contributed by atoms with E-state index in [2.05, 4.69) is 15.9 Å². The summed E-state index contributed by atoms with van der Waals surface area (Å²) in [4.78, 5) is 12.7. The monoisotopic (exact) mass is 358 g/mol. The zero-order valence-corrected chi connectivity index (χ0v) is 13.7. The van der Waals surface area contributed by atoms with Crippen LogP contribution in [0.1, 0.15) is 22.3 Å². The fraction of sp³-hybridized carbons (Fsp3) is 0.167. The molecule has 0 unspecified atom stereocenters. The molecule has 0 saturated heterocycles. The smallest absolute Gasteiger partial charge is 0.189 e. The first-order valence-electron chi connectivity index (χ1n) is 6.99. The number of fused-ring (bicyclic) bond motifs is 1. The summed E-state index contributed by atoms with van der Waals surface area (Å²) in [5.41, 5.74) is 2.33. The average Bonchev–Trinajstić information content (AvgIpc) is 2.76. The van der Waals surface area contributed by atoms with Gasteiger partial charge in [-0.1, -0.05) is 15.9 Å². The van der Waals surface area contributed by atoms with Crippen molar-refractivity contribution in [3.05, 3.63) is 63.6 Å². The first-order chi connectivity index (χ1) is 10.7. The van der Waals surface area contributed by atoms with Crippen LogP contribution in [0.5, 0.6) is 11.5 Å². The molecule has 1 heterocycles. The van der Waals surface area contributed by atoms with Crippen molar-refractivity contribution >= 4 is 27.8 Å². The molecule has 0 aromatic heterocycles. The summed E-state index contributed by atoms with van der Waals surface area (Å²) in [5.74, 6) is 1.57. The lowest BCUT2D eigenvalue weighted by atomic mass is 9.99. The number of hydrogen-bond donors (Lipinski definition) is 0. The second-order valence-electron chi connectivity index (χ2n) is 5.01. The minimum absolute atomic E-state index is 0.0269. The SMILES string of the molecule is COc1ccc(C(=O)C2=Cc3cc(Br)ccc3OCC2)cc1. The largest absolute Gasteiger partial charge is 0.497 e. The Balaban J connectivity index is 1.94. The number of rotatable bonds is 3. The molecule has 0 aliphatic carbocycles. The van der Waals surface area contributed by atoms with E-state index in [0.717, 1.165) is 27.1 Å². The normalized spacial score (nSPS) is 13.5. The van der Waals surface area contributed by atoms with Crippen LogP contribution in [0.3, 0.4) is 0 Å². The van der Waals surface area contributed by atoms with Crippen molar-refractivity contribution in [1.82, 2.24) is 0 Å². The highest BCUT2D eigenvalue weighted by Crippen LogP contribution is 2.30. The summed E-state index contributed by atoms with van der Waals surface area (Å²) >= 11 is 3.45. The van der Waals surface area contributed by atoms with E-state index in [-0.39, 0.29) is 5.78 Å². The Morgan fingerprint density at radius 3 is 2.68 bits per heavy atom. The number of Topliss-reactive ketones (excluding diaryl/α,β-unsaturated/α-hetero) is 1. The zero-order valence-electron chi connectivity index (χ0n) is 12.1. The Bertz CT molecular complexity index is 732. The molecule has 1 aliphatic heterocycles. The highest BCUT2D eigenvalue weighted by atomic mass is 79.9. The van der Waals surface area contributed by atoms with Gasteiger partial charge >= 0.3 is 0 Å². The van der Waals surface area contributed by atoms with E-state index < -0.39 is 0 Å². The predicted octanol–water partition coefficient (Wildman–Crippen LogP) is 4.51. The second kappa shape index (κ2) is 6.36. The Hall–Kier alpha value is -2.07. The van der Waals surface area contributed by atoms with Gasteiger partial charge in [0, 0.05) is 27.6 Å². The van der Waals surface area contributed by atoms with Crippen molar-refractivity contribution in [2.24, 2.45) is 0 Å². The zero-order chi connectivity index (χ0) is 15.5. The molecule has 0 saturated carbocycles. The summed E-state index contributed by atoms with van der Waals surface area (Å²) in [6.07, 6.45) is 2.51. The van der Waals surface area contributed by atoms with Crippen LogP contribution in [0.15, 0.2) is 52.5 Å². The summed E-state index contributed by atoms with van der Waals surface area (Å²) in [6, 6.07) is 13.0. The lowest BCUT2D eigenvalue weighted by Gasteiger charge is -2.06. The number of carbonyl (C=O) groups is 1. The van der Waals surface area contributed by atoms with Gasteiger partial charge in [0.1, 0.15) is 11.5 Å². The number of ketones is 1. The lowest BCUT2D eigenvalue weighted by molar-refractivity contribution is 0.102. The summed E-state index contributed by atoms with van der Waals surface area (Å²) in [5, 5.41) is 0. The number of halogens is 1.